The van der Waals surface area contributed by atoms with Gasteiger partial charge < -0.3 is 5.73 Å². The van der Waals surface area contributed by atoms with Gasteiger partial charge in [0.15, 0.2) is 0 Å². The molecule has 1 aromatic carbocycles. The maximum absolute atomic E-state index is 5.45. The summed E-state index contributed by atoms with van der Waals surface area (Å²) in [5, 5.41) is 1.06. The number of nitrogens with two attached hydrogens (primary N) is 1. The van der Waals surface area contributed by atoms with Crippen molar-refractivity contribution in [2.45, 2.75) is 20.8 Å². The standard InChI is InChI=1S/C9H9N3.C2H6/c1-6-3-2-4-8-7(6)5-11-9(10)12-8;1-2/h2-5H,1H3,(H2,10,11,12);1-2H3. The molecule has 0 unspecified atom stereocenters. The quantitative estimate of drug-likeness (QED) is 0.692. The molecule has 3 heteroatoms. The Hall–Kier alpha value is -1.64. The molecule has 1 heterocycles. The number of anilines is 1. The molecule has 0 saturated carbocycles. The molecule has 0 aliphatic rings. The van der Waals surface area contributed by atoms with E-state index in [9.17, 15) is 0 Å². The minimum absolute atomic E-state index is 0.327. The third kappa shape index (κ3) is 1.99. The maximum atomic E-state index is 5.45. The summed E-state index contributed by atoms with van der Waals surface area (Å²) in [4.78, 5) is 8.04. The van der Waals surface area contributed by atoms with E-state index in [-0.39, 0.29) is 0 Å². The summed E-state index contributed by atoms with van der Waals surface area (Å²) < 4.78 is 0. The van der Waals surface area contributed by atoms with Gasteiger partial charge in [0.25, 0.3) is 0 Å². The van der Waals surface area contributed by atoms with Gasteiger partial charge in [-0.2, -0.15) is 0 Å². The van der Waals surface area contributed by atoms with E-state index in [1.165, 1.54) is 5.56 Å². The monoisotopic (exact) mass is 189 g/mol. The molecule has 0 fully saturated rings. The maximum Gasteiger partial charge on any atom is 0.220 e. The van der Waals surface area contributed by atoms with Crippen molar-refractivity contribution in [2.75, 3.05) is 5.73 Å². The Morgan fingerprint density at radius 3 is 2.64 bits per heavy atom. The van der Waals surface area contributed by atoms with Crippen LogP contribution in [-0.4, -0.2) is 9.97 Å². The van der Waals surface area contributed by atoms with Gasteiger partial charge in [0.2, 0.25) is 5.95 Å². The first-order valence-corrected chi connectivity index (χ1v) is 4.75. The second-order valence-electron chi connectivity index (χ2n) is 2.74. The zero-order chi connectivity index (χ0) is 10.6. The van der Waals surface area contributed by atoms with Crippen LogP contribution in [0.5, 0.6) is 0 Å². The molecule has 2 aromatic rings. The predicted molar refractivity (Wildman–Crippen MR) is 60.0 cm³/mol. The van der Waals surface area contributed by atoms with Gasteiger partial charge in [-0.15, -0.1) is 0 Å². The number of aryl methyl sites for hydroxylation is 1. The molecular weight excluding hydrogens is 174 g/mol. The number of nitrogens with zero attached hydrogens (tertiary/aromatic N) is 2. The van der Waals surface area contributed by atoms with Crippen molar-refractivity contribution in [3.63, 3.8) is 0 Å². The number of rotatable bonds is 0. The van der Waals surface area contributed by atoms with E-state index >= 15 is 0 Å². The summed E-state index contributed by atoms with van der Waals surface area (Å²) in [5.74, 6) is 0.327. The van der Waals surface area contributed by atoms with Gasteiger partial charge in [-0.1, -0.05) is 26.0 Å². The van der Waals surface area contributed by atoms with Gasteiger partial charge in [-0.05, 0) is 18.6 Å². The van der Waals surface area contributed by atoms with E-state index in [0.29, 0.717) is 5.95 Å². The summed E-state index contributed by atoms with van der Waals surface area (Å²) in [5.41, 5.74) is 7.53. The summed E-state index contributed by atoms with van der Waals surface area (Å²) >= 11 is 0. The van der Waals surface area contributed by atoms with Crippen LogP contribution in [0.1, 0.15) is 19.4 Å². The van der Waals surface area contributed by atoms with Gasteiger partial charge in [0.1, 0.15) is 0 Å². The zero-order valence-electron chi connectivity index (χ0n) is 8.78. The van der Waals surface area contributed by atoms with Crippen molar-refractivity contribution in [3.05, 3.63) is 30.0 Å². The van der Waals surface area contributed by atoms with Crippen molar-refractivity contribution in [1.82, 2.24) is 9.97 Å². The fourth-order valence-corrected chi connectivity index (χ4v) is 1.21. The van der Waals surface area contributed by atoms with E-state index < -0.39 is 0 Å². The van der Waals surface area contributed by atoms with Crippen molar-refractivity contribution in [1.29, 1.82) is 0 Å². The van der Waals surface area contributed by atoms with E-state index in [4.69, 9.17) is 5.73 Å². The Balaban J connectivity index is 0.000000461. The van der Waals surface area contributed by atoms with Gasteiger partial charge in [-0.3, -0.25) is 0 Å². The highest BCUT2D eigenvalue weighted by molar-refractivity contribution is 5.81. The number of hydrogen-bond donors (Lipinski definition) is 1. The molecule has 3 nitrogen and oxygen atoms in total. The van der Waals surface area contributed by atoms with Crippen molar-refractivity contribution in [2.24, 2.45) is 0 Å². The van der Waals surface area contributed by atoms with Crippen LogP contribution < -0.4 is 5.73 Å². The predicted octanol–water partition coefficient (Wildman–Crippen LogP) is 2.55. The second kappa shape index (κ2) is 4.56. The molecule has 74 valence electrons. The summed E-state index contributed by atoms with van der Waals surface area (Å²) in [6.45, 7) is 6.03. The molecule has 2 N–H and O–H groups in total. The molecule has 0 amide bonds. The third-order valence-electron chi connectivity index (χ3n) is 1.86. The molecule has 0 spiro atoms. The van der Waals surface area contributed by atoms with Crippen LogP contribution in [0.4, 0.5) is 5.95 Å². The smallest absolute Gasteiger partial charge is 0.220 e. The molecule has 0 saturated heterocycles. The molecule has 0 atom stereocenters. The fourth-order valence-electron chi connectivity index (χ4n) is 1.21. The van der Waals surface area contributed by atoms with E-state index in [0.717, 1.165) is 10.9 Å². The van der Waals surface area contributed by atoms with Gasteiger partial charge >= 0.3 is 0 Å². The highest BCUT2D eigenvalue weighted by atomic mass is 15.0. The first-order chi connectivity index (χ1) is 6.77. The van der Waals surface area contributed by atoms with Crippen LogP contribution in [0.25, 0.3) is 10.9 Å². The number of nitrogen functional groups attached to an aromatic ring is 1. The number of benzene rings is 1. The van der Waals surface area contributed by atoms with Gasteiger partial charge in [-0.25, -0.2) is 9.97 Å². The lowest BCUT2D eigenvalue weighted by atomic mass is 10.1. The lowest BCUT2D eigenvalue weighted by Crippen LogP contribution is -1.94. The Kier molecular flexibility index (Phi) is 3.40. The highest BCUT2D eigenvalue weighted by Crippen LogP contribution is 2.14. The topological polar surface area (TPSA) is 51.8 Å². The van der Waals surface area contributed by atoms with Crippen LogP contribution in [-0.2, 0) is 0 Å². The molecule has 0 bridgehead atoms. The average molecular weight is 189 g/mol. The Morgan fingerprint density at radius 1 is 1.21 bits per heavy atom. The van der Waals surface area contributed by atoms with Crippen molar-refractivity contribution in [3.8, 4) is 0 Å². The molecule has 0 aliphatic carbocycles. The van der Waals surface area contributed by atoms with Gasteiger partial charge in [0.05, 0.1) is 5.52 Å². The van der Waals surface area contributed by atoms with Crippen LogP contribution >= 0.6 is 0 Å². The van der Waals surface area contributed by atoms with Crippen molar-refractivity contribution >= 4 is 16.9 Å². The van der Waals surface area contributed by atoms with Crippen LogP contribution in [0.3, 0.4) is 0 Å². The second-order valence-corrected chi connectivity index (χ2v) is 2.74. The van der Waals surface area contributed by atoms with Gasteiger partial charge in [0, 0.05) is 11.6 Å². The molecule has 0 aliphatic heterocycles. The molecule has 2 rings (SSSR count). The third-order valence-corrected chi connectivity index (χ3v) is 1.86. The summed E-state index contributed by atoms with van der Waals surface area (Å²) in [6, 6.07) is 5.92. The van der Waals surface area contributed by atoms with Crippen LogP contribution in [0.2, 0.25) is 0 Å². The highest BCUT2D eigenvalue weighted by Gasteiger charge is 1.97. The average Bonchev–Trinajstić information content (AvgIpc) is 2.21. The minimum atomic E-state index is 0.327. The first-order valence-electron chi connectivity index (χ1n) is 4.75. The van der Waals surface area contributed by atoms with Crippen LogP contribution in [0, 0.1) is 6.92 Å². The Labute approximate surface area is 84.0 Å². The lowest BCUT2D eigenvalue weighted by Gasteiger charge is -1.99. The summed E-state index contributed by atoms with van der Waals surface area (Å²) in [6.07, 6.45) is 1.76. The lowest BCUT2D eigenvalue weighted by molar-refractivity contribution is 1.23. The van der Waals surface area contributed by atoms with Crippen molar-refractivity contribution < 1.29 is 0 Å². The number of hydrogen-bond acceptors (Lipinski definition) is 3. The minimum Gasteiger partial charge on any atom is -0.368 e. The van der Waals surface area contributed by atoms with E-state index in [1.807, 2.05) is 39.0 Å². The SMILES string of the molecule is CC.Cc1cccc2nc(N)ncc12. The van der Waals surface area contributed by atoms with E-state index in [2.05, 4.69) is 9.97 Å². The number of fused-ring (bicyclic) bond motifs is 1. The van der Waals surface area contributed by atoms with E-state index in [1.54, 1.807) is 6.20 Å². The Morgan fingerprint density at radius 2 is 1.93 bits per heavy atom. The fraction of sp³-hybridized carbons (Fsp3) is 0.273. The molecule has 1 aromatic heterocycles. The zero-order valence-corrected chi connectivity index (χ0v) is 8.78. The molecular formula is C11H15N3. The Bertz CT molecular complexity index is 424. The normalized spacial score (nSPS) is 9.36. The van der Waals surface area contributed by atoms with Crippen LogP contribution in [0.15, 0.2) is 24.4 Å². The molecule has 0 radical (unpaired) electrons. The first kappa shape index (κ1) is 10.4. The largest absolute Gasteiger partial charge is 0.368 e. The number of aromatic nitrogens is 2. The molecule has 14 heavy (non-hydrogen) atoms. The summed E-state index contributed by atoms with van der Waals surface area (Å²) in [7, 11) is 0.